The van der Waals surface area contributed by atoms with Crippen LogP contribution in [0.15, 0.2) is 33.7 Å². The zero-order chi connectivity index (χ0) is 17.4. The Bertz CT molecular complexity index is 748. The molecule has 8 nitrogen and oxygen atoms in total. The Hall–Kier alpha value is -2.46. The number of rotatable bonds is 8. The summed E-state index contributed by atoms with van der Waals surface area (Å²) in [5.74, 6) is -0.103. The first-order chi connectivity index (χ1) is 11.5. The number of thioether (sulfide) groups is 1. The molecule has 2 rings (SSSR count). The lowest BCUT2D eigenvalue weighted by atomic mass is 10.2. The highest BCUT2D eigenvalue weighted by molar-refractivity contribution is 8.01. The third kappa shape index (κ3) is 6.34. The molecule has 10 heteroatoms. The quantitative estimate of drug-likeness (QED) is 0.408. The topological polar surface area (TPSA) is 120 Å². The molecule has 0 spiro atoms. The van der Waals surface area contributed by atoms with Crippen LogP contribution >= 0.6 is 23.1 Å². The minimum absolute atomic E-state index is 0.195. The molecular formula is C14H15N5O3S2. The minimum atomic E-state index is -0.551. The lowest BCUT2D eigenvalue weighted by molar-refractivity contribution is -0.120. The van der Waals surface area contributed by atoms with Gasteiger partial charge in [-0.2, -0.15) is 5.10 Å². The molecule has 1 aromatic heterocycles. The van der Waals surface area contributed by atoms with Gasteiger partial charge in [-0.15, -0.1) is 10.2 Å². The van der Waals surface area contributed by atoms with Gasteiger partial charge >= 0.3 is 0 Å². The summed E-state index contributed by atoms with van der Waals surface area (Å²) in [6, 6.07) is 6.90. The molecular weight excluding hydrogens is 350 g/mol. The molecule has 0 radical (unpaired) electrons. The molecule has 24 heavy (non-hydrogen) atoms. The molecule has 0 saturated carbocycles. The first-order valence-corrected chi connectivity index (χ1v) is 8.59. The van der Waals surface area contributed by atoms with Gasteiger partial charge < -0.3 is 10.5 Å². The van der Waals surface area contributed by atoms with Crippen molar-refractivity contribution in [1.82, 2.24) is 15.6 Å². The number of hydrogen-bond donors (Lipinski definition) is 2. The molecule has 3 N–H and O–H groups in total. The van der Waals surface area contributed by atoms with E-state index in [1.54, 1.807) is 24.3 Å². The van der Waals surface area contributed by atoms with E-state index in [9.17, 15) is 9.59 Å². The number of aromatic nitrogens is 2. The van der Waals surface area contributed by atoms with E-state index in [0.29, 0.717) is 11.3 Å². The maximum Gasteiger partial charge on any atom is 0.255 e. The summed E-state index contributed by atoms with van der Waals surface area (Å²) in [6.07, 6.45) is 1.48. The summed E-state index contributed by atoms with van der Waals surface area (Å²) in [7, 11) is 0. The molecule has 126 valence electrons. The summed E-state index contributed by atoms with van der Waals surface area (Å²) in [5.41, 5.74) is 8.16. The number of hydrogen-bond acceptors (Lipinski definition) is 8. The van der Waals surface area contributed by atoms with Gasteiger partial charge in [0.2, 0.25) is 0 Å². The summed E-state index contributed by atoms with van der Waals surface area (Å²) >= 11 is 2.74. The molecule has 0 aliphatic carbocycles. The molecule has 0 unspecified atom stereocenters. The number of amides is 2. The second-order valence-electron chi connectivity index (χ2n) is 4.50. The van der Waals surface area contributed by atoms with Crippen molar-refractivity contribution >= 4 is 41.1 Å². The van der Waals surface area contributed by atoms with Gasteiger partial charge in [-0.1, -0.05) is 35.2 Å². The first-order valence-electron chi connectivity index (χ1n) is 6.79. The fourth-order valence-electron chi connectivity index (χ4n) is 1.51. The van der Waals surface area contributed by atoms with E-state index in [0.717, 1.165) is 9.35 Å². The SMILES string of the molecule is Cc1nnc(SCC(=O)N/N=C/c2cccc(OCC(N)=O)c2)s1. The number of benzene rings is 1. The number of nitrogens with zero attached hydrogens (tertiary/aromatic N) is 3. The third-order valence-electron chi connectivity index (χ3n) is 2.48. The summed E-state index contributed by atoms with van der Waals surface area (Å²) in [5, 5.41) is 12.5. The number of hydrazone groups is 1. The Kier molecular flexibility index (Phi) is 6.70. The van der Waals surface area contributed by atoms with Gasteiger partial charge in [0.25, 0.3) is 11.8 Å². The van der Waals surface area contributed by atoms with Crippen molar-refractivity contribution in [3.8, 4) is 5.75 Å². The maximum absolute atomic E-state index is 11.7. The predicted octanol–water partition coefficient (Wildman–Crippen LogP) is 0.953. The van der Waals surface area contributed by atoms with Gasteiger partial charge in [0.15, 0.2) is 10.9 Å². The monoisotopic (exact) mass is 365 g/mol. The number of primary amides is 1. The highest BCUT2D eigenvalue weighted by atomic mass is 32.2. The smallest absolute Gasteiger partial charge is 0.255 e. The number of aryl methyl sites for hydroxylation is 1. The lowest BCUT2D eigenvalue weighted by Gasteiger charge is -2.03. The Morgan fingerprint density at radius 1 is 1.46 bits per heavy atom. The van der Waals surface area contributed by atoms with Crippen LogP contribution in [-0.2, 0) is 9.59 Å². The lowest BCUT2D eigenvalue weighted by Crippen LogP contribution is -2.20. The van der Waals surface area contributed by atoms with Crippen LogP contribution in [0.3, 0.4) is 0 Å². The Morgan fingerprint density at radius 3 is 3.00 bits per heavy atom. The first kappa shape index (κ1) is 17.9. The third-order valence-corrected chi connectivity index (χ3v) is 4.45. The van der Waals surface area contributed by atoms with Crippen LogP contribution in [0.4, 0.5) is 0 Å². The van der Waals surface area contributed by atoms with Crippen molar-refractivity contribution in [2.24, 2.45) is 10.8 Å². The van der Waals surface area contributed by atoms with E-state index in [2.05, 4.69) is 20.7 Å². The van der Waals surface area contributed by atoms with Crippen LogP contribution in [0.1, 0.15) is 10.6 Å². The van der Waals surface area contributed by atoms with E-state index < -0.39 is 5.91 Å². The standard InChI is InChI=1S/C14H15N5O3S2/c1-9-17-19-14(24-9)23-8-13(21)18-16-6-10-3-2-4-11(5-10)22-7-12(15)20/h2-6H,7-8H2,1H3,(H2,15,20)(H,18,21)/b16-6+. The fourth-order valence-corrected chi connectivity index (χ4v) is 3.12. The van der Waals surface area contributed by atoms with Gasteiger partial charge in [-0.25, -0.2) is 5.43 Å². The van der Waals surface area contributed by atoms with E-state index in [-0.39, 0.29) is 18.3 Å². The van der Waals surface area contributed by atoms with Crippen LogP contribution in [0.2, 0.25) is 0 Å². The summed E-state index contributed by atoms with van der Waals surface area (Å²) in [4.78, 5) is 22.4. The van der Waals surface area contributed by atoms with Crippen LogP contribution in [-0.4, -0.2) is 40.6 Å². The van der Waals surface area contributed by atoms with E-state index in [1.165, 1.54) is 29.3 Å². The van der Waals surface area contributed by atoms with Gasteiger partial charge in [-0.05, 0) is 24.6 Å². The second kappa shape index (κ2) is 8.99. The zero-order valence-corrected chi connectivity index (χ0v) is 14.4. The number of ether oxygens (including phenoxy) is 1. The van der Waals surface area contributed by atoms with Crippen LogP contribution in [0, 0.1) is 6.92 Å². The van der Waals surface area contributed by atoms with Crippen LogP contribution in [0.5, 0.6) is 5.75 Å². The summed E-state index contributed by atoms with van der Waals surface area (Å²) < 4.78 is 5.93. The highest BCUT2D eigenvalue weighted by Crippen LogP contribution is 2.21. The molecule has 0 fully saturated rings. The number of carbonyl (C=O) groups is 2. The van der Waals surface area contributed by atoms with Crippen molar-refractivity contribution in [3.05, 3.63) is 34.8 Å². The molecule has 2 aromatic rings. The van der Waals surface area contributed by atoms with E-state index in [1.807, 2.05) is 6.92 Å². The van der Waals surface area contributed by atoms with Crippen molar-refractivity contribution in [2.45, 2.75) is 11.3 Å². The number of carbonyl (C=O) groups excluding carboxylic acids is 2. The Balaban J connectivity index is 1.79. The molecule has 0 saturated heterocycles. The number of nitrogens with one attached hydrogen (secondary N) is 1. The Morgan fingerprint density at radius 2 is 2.29 bits per heavy atom. The van der Waals surface area contributed by atoms with Gasteiger partial charge in [0, 0.05) is 0 Å². The van der Waals surface area contributed by atoms with Crippen molar-refractivity contribution < 1.29 is 14.3 Å². The average molecular weight is 365 g/mol. The molecule has 1 aromatic carbocycles. The molecule has 0 aliphatic rings. The fraction of sp³-hybridized carbons (Fsp3) is 0.214. The molecule has 1 heterocycles. The van der Waals surface area contributed by atoms with Gasteiger partial charge in [0.05, 0.1) is 12.0 Å². The highest BCUT2D eigenvalue weighted by Gasteiger charge is 2.05. The number of nitrogens with two attached hydrogens (primary N) is 1. The normalized spacial score (nSPS) is 10.7. The largest absolute Gasteiger partial charge is 0.484 e. The van der Waals surface area contributed by atoms with Crippen LogP contribution < -0.4 is 15.9 Å². The molecule has 0 atom stereocenters. The Labute approximate surface area is 146 Å². The van der Waals surface area contributed by atoms with E-state index >= 15 is 0 Å². The molecule has 2 amide bonds. The van der Waals surface area contributed by atoms with Crippen LogP contribution in [0.25, 0.3) is 0 Å². The van der Waals surface area contributed by atoms with E-state index in [4.69, 9.17) is 10.5 Å². The predicted molar refractivity (Wildman–Crippen MR) is 92.2 cm³/mol. The minimum Gasteiger partial charge on any atom is -0.484 e. The molecule has 0 bridgehead atoms. The van der Waals surface area contributed by atoms with Crippen molar-refractivity contribution in [2.75, 3.05) is 12.4 Å². The van der Waals surface area contributed by atoms with Crippen molar-refractivity contribution in [1.29, 1.82) is 0 Å². The zero-order valence-electron chi connectivity index (χ0n) is 12.8. The van der Waals surface area contributed by atoms with Crippen molar-refractivity contribution in [3.63, 3.8) is 0 Å². The van der Waals surface area contributed by atoms with Gasteiger partial charge in [0.1, 0.15) is 10.8 Å². The maximum atomic E-state index is 11.7. The average Bonchev–Trinajstić information content (AvgIpc) is 2.97. The molecule has 0 aliphatic heterocycles. The summed E-state index contributed by atoms with van der Waals surface area (Å²) in [6.45, 7) is 1.66. The van der Waals surface area contributed by atoms with Gasteiger partial charge in [-0.3, -0.25) is 9.59 Å². The second-order valence-corrected chi connectivity index (χ2v) is 6.90.